The number of oxazole rings is 1. The summed E-state index contributed by atoms with van der Waals surface area (Å²) in [6.07, 6.45) is 1.80. The number of H-pyrrole nitrogens is 1. The summed E-state index contributed by atoms with van der Waals surface area (Å²) in [4.78, 5) is 22.1. The number of benzene rings is 2. The summed E-state index contributed by atoms with van der Waals surface area (Å²) in [6.45, 7) is 2.00. The van der Waals surface area contributed by atoms with Gasteiger partial charge in [-0.2, -0.15) is 0 Å². The number of rotatable bonds is 2. The average Bonchev–Trinajstić information content (AvgIpc) is 3.32. The number of hydrogen-bond acceptors (Lipinski definition) is 3. The summed E-state index contributed by atoms with van der Waals surface area (Å²) in [7, 11) is 0. The fraction of sp³-hybridized carbons (Fsp3) is 0.182. The van der Waals surface area contributed by atoms with Crippen molar-refractivity contribution in [2.75, 3.05) is 6.54 Å². The van der Waals surface area contributed by atoms with Crippen LogP contribution >= 0.6 is 0 Å². The van der Waals surface area contributed by atoms with Gasteiger partial charge in [-0.05, 0) is 43.2 Å². The van der Waals surface area contributed by atoms with Crippen molar-refractivity contribution in [1.82, 2.24) is 14.9 Å². The molecule has 5 rings (SSSR count). The predicted octanol–water partition coefficient (Wildman–Crippen LogP) is 4.53. The Kier molecular flexibility index (Phi) is 3.97. The van der Waals surface area contributed by atoms with Gasteiger partial charge < -0.3 is 14.3 Å². The second-order valence-electron chi connectivity index (χ2n) is 7.14. The van der Waals surface area contributed by atoms with Crippen LogP contribution in [0.4, 0.5) is 8.78 Å². The van der Waals surface area contributed by atoms with Crippen LogP contribution in [0.25, 0.3) is 10.9 Å². The predicted molar refractivity (Wildman–Crippen MR) is 102 cm³/mol. The highest BCUT2D eigenvalue weighted by molar-refractivity contribution is 5.94. The van der Waals surface area contributed by atoms with Crippen molar-refractivity contribution in [3.05, 3.63) is 88.8 Å². The lowest BCUT2D eigenvalue weighted by molar-refractivity contribution is 0.0682. The Balaban J connectivity index is 1.72. The van der Waals surface area contributed by atoms with Crippen LogP contribution in [0.2, 0.25) is 0 Å². The molecule has 4 aromatic rings. The van der Waals surface area contributed by atoms with Crippen molar-refractivity contribution in [2.24, 2.45) is 0 Å². The first-order chi connectivity index (χ1) is 14.0. The minimum atomic E-state index is -0.801. The van der Waals surface area contributed by atoms with Gasteiger partial charge in [0.2, 0.25) is 0 Å². The normalized spacial score (nSPS) is 16.2. The molecule has 1 amide bonds. The van der Waals surface area contributed by atoms with Crippen molar-refractivity contribution in [3.63, 3.8) is 0 Å². The van der Waals surface area contributed by atoms with E-state index in [1.165, 1.54) is 11.3 Å². The van der Waals surface area contributed by atoms with Gasteiger partial charge in [0.1, 0.15) is 23.4 Å². The maximum Gasteiger partial charge on any atom is 0.276 e. The van der Waals surface area contributed by atoms with Crippen LogP contribution in [0.5, 0.6) is 0 Å². The molecule has 0 fully saturated rings. The lowest BCUT2D eigenvalue weighted by Crippen LogP contribution is -2.41. The van der Waals surface area contributed by atoms with Gasteiger partial charge in [0, 0.05) is 28.7 Å². The molecule has 0 radical (unpaired) electrons. The Morgan fingerprint density at radius 3 is 2.86 bits per heavy atom. The molecule has 2 aromatic carbocycles. The molecule has 0 bridgehead atoms. The number of halogens is 2. The van der Waals surface area contributed by atoms with Crippen molar-refractivity contribution in [3.8, 4) is 0 Å². The van der Waals surface area contributed by atoms with Gasteiger partial charge >= 0.3 is 0 Å². The van der Waals surface area contributed by atoms with Crippen LogP contribution in [-0.4, -0.2) is 27.3 Å². The molecule has 1 aliphatic rings. The lowest BCUT2D eigenvalue weighted by atomic mass is 9.91. The SMILES string of the molecule is Cc1ocnc1C(=O)N1CCc2c([nH]c3ccccc23)[C@H]1c1cc(F)ccc1F. The number of aryl methyl sites for hydroxylation is 1. The molecule has 0 saturated carbocycles. The maximum absolute atomic E-state index is 14.8. The summed E-state index contributed by atoms with van der Waals surface area (Å²) in [6, 6.07) is 10.3. The number of aromatic amines is 1. The molecule has 29 heavy (non-hydrogen) atoms. The highest BCUT2D eigenvalue weighted by Crippen LogP contribution is 2.40. The molecule has 3 heterocycles. The first kappa shape index (κ1) is 17.6. The average molecular weight is 393 g/mol. The molecule has 1 aliphatic heterocycles. The number of fused-ring (bicyclic) bond motifs is 3. The third kappa shape index (κ3) is 2.73. The summed E-state index contributed by atoms with van der Waals surface area (Å²) >= 11 is 0. The zero-order valence-electron chi connectivity index (χ0n) is 15.6. The zero-order valence-corrected chi connectivity index (χ0v) is 15.6. The van der Waals surface area contributed by atoms with E-state index in [-0.39, 0.29) is 17.2 Å². The van der Waals surface area contributed by atoms with E-state index >= 15 is 0 Å². The fourth-order valence-corrected chi connectivity index (χ4v) is 4.15. The fourth-order valence-electron chi connectivity index (χ4n) is 4.15. The number of nitrogens with one attached hydrogen (secondary N) is 1. The Morgan fingerprint density at radius 2 is 2.07 bits per heavy atom. The Hall–Kier alpha value is -3.48. The van der Waals surface area contributed by atoms with Gasteiger partial charge in [-0.1, -0.05) is 18.2 Å². The van der Waals surface area contributed by atoms with Crippen LogP contribution in [0.1, 0.15) is 39.1 Å². The molecule has 146 valence electrons. The molecule has 0 spiro atoms. The standard InChI is InChI=1S/C22H17F2N3O2/c1-12-19(25-11-29-12)22(28)27-9-8-15-14-4-2-3-5-18(14)26-20(15)21(27)16-10-13(23)6-7-17(16)24/h2-7,10-11,21,26H,8-9H2,1H3/t21-/m1/s1. The van der Waals surface area contributed by atoms with E-state index in [0.717, 1.165) is 34.7 Å². The number of amides is 1. The second kappa shape index (κ2) is 6.55. The Bertz CT molecular complexity index is 1240. The molecule has 7 heteroatoms. The van der Waals surface area contributed by atoms with Gasteiger partial charge in [-0.15, -0.1) is 0 Å². The lowest BCUT2D eigenvalue weighted by Gasteiger charge is -2.36. The molecular weight excluding hydrogens is 376 g/mol. The zero-order chi connectivity index (χ0) is 20.1. The smallest absolute Gasteiger partial charge is 0.276 e. The summed E-state index contributed by atoms with van der Waals surface area (Å²) in [5.74, 6) is -1.13. The van der Waals surface area contributed by atoms with Gasteiger partial charge in [0.05, 0.1) is 0 Å². The number of carbonyl (C=O) groups excluding carboxylic acids is 1. The van der Waals surface area contributed by atoms with Gasteiger partial charge in [0.15, 0.2) is 12.1 Å². The van der Waals surface area contributed by atoms with E-state index in [1.54, 1.807) is 6.92 Å². The molecule has 5 nitrogen and oxygen atoms in total. The topological polar surface area (TPSA) is 62.1 Å². The molecule has 1 N–H and O–H groups in total. The van der Waals surface area contributed by atoms with E-state index in [0.29, 0.717) is 24.4 Å². The Labute approximate surface area is 165 Å². The summed E-state index contributed by atoms with van der Waals surface area (Å²) in [5.41, 5.74) is 2.87. The van der Waals surface area contributed by atoms with E-state index in [9.17, 15) is 13.6 Å². The molecule has 2 aromatic heterocycles. The van der Waals surface area contributed by atoms with Crippen molar-refractivity contribution in [1.29, 1.82) is 0 Å². The third-order valence-electron chi connectivity index (χ3n) is 5.50. The molecule has 0 unspecified atom stereocenters. The highest BCUT2D eigenvalue weighted by Gasteiger charge is 2.37. The highest BCUT2D eigenvalue weighted by atomic mass is 19.1. The quantitative estimate of drug-likeness (QED) is 0.544. The van der Waals surface area contributed by atoms with Crippen molar-refractivity contribution >= 4 is 16.8 Å². The van der Waals surface area contributed by atoms with Crippen molar-refractivity contribution < 1.29 is 18.0 Å². The van der Waals surface area contributed by atoms with Gasteiger partial charge in [-0.3, -0.25) is 4.79 Å². The minimum Gasteiger partial charge on any atom is -0.448 e. The number of carbonyl (C=O) groups is 1. The number of para-hydroxylation sites is 1. The third-order valence-corrected chi connectivity index (χ3v) is 5.50. The van der Waals surface area contributed by atoms with Gasteiger partial charge in [0.25, 0.3) is 5.91 Å². The molecule has 0 saturated heterocycles. The number of aromatic nitrogens is 2. The van der Waals surface area contributed by atoms with E-state index in [4.69, 9.17) is 4.42 Å². The second-order valence-corrected chi connectivity index (χ2v) is 7.14. The molecule has 1 atom stereocenters. The maximum atomic E-state index is 14.8. The first-order valence-electron chi connectivity index (χ1n) is 9.30. The van der Waals surface area contributed by atoms with E-state index < -0.39 is 17.7 Å². The Morgan fingerprint density at radius 1 is 1.24 bits per heavy atom. The number of hydrogen-bond donors (Lipinski definition) is 1. The largest absolute Gasteiger partial charge is 0.448 e. The van der Waals surface area contributed by atoms with Crippen LogP contribution in [-0.2, 0) is 6.42 Å². The molecular formula is C22H17F2N3O2. The van der Waals surface area contributed by atoms with E-state index in [2.05, 4.69) is 9.97 Å². The van der Waals surface area contributed by atoms with Crippen LogP contribution in [0.3, 0.4) is 0 Å². The molecule has 0 aliphatic carbocycles. The van der Waals surface area contributed by atoms with Gasteiger partial charge in [-0.25, -0.2) is 13.8 Å². The summed E-state index contributed by atoms with van der Waals surface area (Å²) < 4.78 is 34.0. The van der Waals surface area contributed by atoms with E-state index in [1.807, 2.05) is 24.3 Å². The van der Waals surface area contributed by atoms with Crippen molar-refractivity contribution in [2.45, 2.75) is 19.4 Å². The number of nitrogens with zero attached hydrogens (tertiary/aromatic N) is 2. The van der Waals surface area contributed by atoms with Crippen LogP contribution < -0.4 is 0 Å². The van der Waals surface area contributed by atoms with Crippen LogP contribution in [0, 0.1) is 18.6 Å². The summed E-state index contributed by atoms with van der Waals surface area (Å²) in [5, 5.41) is 1.02. The first-order valence-corrected chi connectivity index (χ1v) is 9.30. The monoisotopic (exact) mass is 393 g/mol. The minimum absolute atomic E-state index is 0.104. The van der Waals surface area contributed by atoms with Crippen LogP contribution in [0.15, 0.2) is 53.3 Å².